The molecule has 0 aromatic heterocycles. The third-order valence-corrected chi connectivity index (χ3v) is 3.17. The lowest BCUT2D eigenvalue weighted by atomic mass is 10.3. The maximum Gasteiger partial charge on any atom is 0.161 e. The van der Waals surface area contributed by atoms with E-state index >= 15 is 0 Å². The molecule has 3 heteroatoms. The Hall–Kier alpha value is -1.22. The molecule has 0 bridgehead atoms. The number of nitrogens with zero attached hydrogens (tertiary/aromatic N) is 1. The zero-order chi connectivity index (χ0) is 13.9. The molecule has 3 nitrogen and oxygen atoms in total. The zero-order valence-electron chi connectivity index (χ0n) is 12.5. The second-order valence-corrected chi connectivity index (χ2v) is 4.46. The summed E-state index contributed by atoms with van der Waals surface area (Å²) >= 11 is 0. The molecular formula is C16H27NO2. The molecule has 1 aromatic carbocycles. The lowest BCUT2D eigenvalue weighted by Gasteiger charge is -2.17. The van der Waals surface area contributed by atoms with E-state index in [0.717, 1.165) is 44.2 Å². The van der Waals surface area contributed by atoms with Crippen molar-refractivity contribution in [2.24, 2.45) is 0 Å². The van der Waals surface area contributed by atoms with E-state index in [1.54, 1.807) is 0 Å². The third kappa shape index (κ3) is 5.97. The molecule has 0 unspecified atom stereocenters. The Morgan fingerprint density at radius 3 is 2.11 bits per heavy atom. The van der Waals surface area contributed by atoms with E-state index in [2.05, 4.69) is 18.7 Å². The predicted octanol–water partition coefficient (Wildman–Crippen LogP) is 3.59. The van der Waals surface area contributed by atoms with Gasteiger partial charge in [-0.1, -0.05) is 26.0 Å². The minimum atomic E-state index is 0.669. The molecule has 0 heterocycles. The smallest absolute Gasteiger partial charge is 0.161 e. The maximum absolute atomic E-state index is 5.80. The molecule has 0 aliphatic rings. The van der Waals surface area contributed by atoms with Crippen molar-refractivity contribution in [3.63, 3.8) is 0 Å². The van der Waals surface area contributed by atoms with Crippen LogP contribution >= 0.6 is 0 Å². The molecule has 0 aliphatic heterocycles. The van der Waals surface area contributed by atoms with Crippen LogP contribution in [-0.2, 0) is 0 Å². The highest BCUT2D eigenvalue weighted by Crippen LogP contribution is 2.26. The molecular weight excluding hydrogens is 238 g/mol. The van der Waals surface area contributed by atoms with Crippen LogP contribution in [0.25, 0.3) is 0 Å². The Morgan fingerprint density at radius 2 is 1.53 bits per heavy atom. The topological polar surface area (TPSA) is 21.7 Å². The molecule has 0 aliphatic carbocycles. The van der Waals surface area contributed by atoms with Crippen molar-refractivity contribution >= 4 is 0 Å². The van der Waals surface area contributed by atoms with Crippen LogP contribution in [-0.4, -0.2) is 37.7 Å². The van der Waals surface area contributed by atoms with Gasteiger partial charge >= 0.3 is 0 Å². The summed E-state index contributed by atoms with van der Waals surface area (Å²) in [6.07, 6.45) is 2.26. The number of hydrogen-bond acceptors (Lipinski definition) is 3. The van der Waals surface area contributed by atoms with E-state index in [1.165, 1.54) is 6.42 Å². The lowest BCUT2D eigenvalue weighted by Crippen LogP contribution is -2.24. The van der Waals surface area contributed by atoms with Crippen molar-refractivity contribution in [1.29, 1.82) is 0 Å². The Bertz CT molecular complexity index is 337. The minimum absolute atomic E-state index is 0.669. The highest BCUT2D eigenvalue weighted by Gasteiger charge is 2.03. The predicted molar refractivity (Wildman–Crippen MR) is 80.1 cm³/mol. The first kappa shape index (κ1) is 15.8. The Labute approximate surface area is 117 Å². The summed E-state index contributed by atoms with van der Waals surface area (Å²) in [6.45, 7) is 11.2. The van der Waals surface area contributed by atoms with Crippen LogP contribution in [0.3, 0.4) is 0 Å². The minimum Gasteiger partial charge on any atom is -0.490 e. The second kappa shape index (κ2) is 9.68. The van der Waals surface area contributed by atoms with Gasteiger partial charge in [-0.25, -0.2) is 0 Å². The quantitative estimate of drug-likeness (QED) is 0.603. The summed E-state index contributed by atoms with van der Waals surface area (Å²) in [5, 5.41) is 0. The summed E-state index contributed by atoms with van der Waals surface area (Å²) < 4.78 is 11.3. The first-order valence-electron chi connectivity index (χ1n) is 7.38. The standard InChI is InChI=1S/C16H27NO2/c1-4-17(5-2)13-9-10-14-19-16-12-8-7-11-15(16)18-6-3/h7-8,11-12H,4-6,9-10,13-14H2,1-3H3. The number of ether oxygens (including phenoxy) is 2. The van der Waals surface area contributed by atoms with Crippen LogP contribution in [0.15, 0.2) is 24.3 Å². The number of hydrogen-bond donors (Lipinski definition) is 0. The number of benzene rings is 1. The zero-order valence-corrected chi connectivity index (χ0v) is 12.5. The molecule has 108 valence electrons. The maximum atomic E-state index is 5.80. The van der Waals surface area contributed by atoms with Gasteiger partial charge < -0.3 is 14.4 Å². The Morgan fingerprint density at radius 1 is 0.895 bits per heavy atom. The number of unbranched alkanes of at least 4 members (excludes halogenated alkanes) is 1. The van der Waals surface area contributed by atoms with Crippen LogP contribution in [0.4, 0.5) is 0 Å². The first-order chi connectivity index (χ1) is 9.31. The highest BCUT2D eigenvalue weighted by molar-refractivity contribution is 5.39. The van der Waals surface area contributed by atoms with Crippen molar-refractivity contribution < 1.29 is 9.47 Å². The van der Waals surface area contributed by atoms with Gasteiger partial charge in [0.05, 0.1) is 13.2 Å². The summed E-state index contributed by atoms with van der Waals surface area (Å²) in [5.41, 5.74) is 0. The van der Waals surface area contributed by atoms with E-state index in [9.17, 15) is 0 Å². The SMILES string of the molecule is CCOc1ccccc1OCCCCN(CC)CC. The molecule has 0 saturated carbocycles. The van der Waals surface area contributed by atoms with Crippen molar-refractivity contribution in [2.75, 3.05) is 32.8 Å². The average molecular weight is 265 g/mol. The van der Waals surface area contributed by atoms with Crippen molar-refractivity contribution in [3.05, 3.63) is 24.3 Å². The van der Waals surface area contributed by atoms with Gasteiger partial charge in [-0.3, -0.25) is 0 Å². The average Bonchev–Trinajstić information content (AvgIpc) is 2.45. The third-order valence-electron chi connectivity index (χ3n) is 3.17. The summed E-state index contributed by atoms with van der Waals surface area (Å²) in [7, 11) is 0. The van der Waals surface area contributed by atoms with E-state index in [-0.39, 0.29) is 0 Å². The number of rotatable bonds is 10. The molecule has 0 fully saturated rings. The van der Waals surface area contributed by atoms with Crippen LogP contribution < -0.4 is 9.47 Å². The largest absolute Gasteiger partial charge is 0.490 e. The summed E-state index contributed by atoms with van der Waals surface area (Å²) in [5.74, 6) is 1.70. The van der Waals surface area contributed by atoms with Crippen LogP contribution in [0.5, 0.6) is 11.5 Å². The van der Waals surface area contributed by atoms with Gasteiger partial charge in [0.2, 0.25) is 0 Å². The molecule has 1 aromatic rings. The van der Waals surface area contributed by atoms with Gasteiger partial charge in [0.1, 0.15) is 0 Å². The van der Waals surface area contributed by atoms with E-state index < -0.39 is 0 Å². The van der Waals surface area contributed by atoms with E-state index in [0.29, 0.717) is 6.61 Å². The molecule has 0 atom stereocenters. The van der Waals surface area contributed by atoms with Gasteiger partial charge in [0.15, 0.2) is 11.5 Å². The molecule has 19 heavy (non-hydrogen) atoms. The van der Waals surface area contributed by atoms with Gasteiger partial charge in [-0.15, -0.1) is 0 Å². The van der Waals surface area contributed by atoms with E-state index in [1.807, 2.05) is 31.2 Å². The molecule has 0 N–H and O–H groups in total. The van der Waals surface area contributed by atoms with Crippen LogP contribution in [0, 0.1) is 0 Å². The van der Waals surface area contributed by atoms with Gasteiger partial charge in [-0.2, -0.15) is 0 Å². The fourth-order valence-electron chi connectivity index (χ4n) is 2.00. The van der Waals surface area contributed by atoms with Crippen molar-refractivity contribution in [1.82, 2.24) is 4.90 Å². The summed E-state index contributed by atoms with van der Waals surface area (Å²) in [4.78, 5) is 2.44. The molecule has 0 radical (unpaired) electrons. The van der Waals surface area contributed by atoms with Gasteiger partial charge in [-0.05, 0) is 51.5 Å². The van der Waals surface area contributed by atoms with Crippen molar-refractivity contribution in [2.45, 2.75) is 33.6 Å². The Balaban J connectivity index is 2.25. The van der Waals surface area contributed by atoms with E-state index in [4.69, 9.17) is 9.47 Å². The molecule has 0 amide bonds. The molecule has 0 spiro atoms. The summed E-state index contributed by atoms with van der Waals surface area (Å²) in [6, 6.07) is 7.87. The molecule has 0 saturated heterocycles. The normalized spacial score (nSPS) is 10.7. The first-order valence-corrected chi connectivity index (χ1v) is 7.38. The fraction of sp³-hybridized carbons (Fsp3) is 0.625. The second-order valence-electron chi connectivity index (χ2n) is 4.46. The van der Waals surface area contributed by atoms with Gasteiger partial charge in [0, 0.05) is 0 Å². The molecule has 1 rings (SSSR count). The number of para-hydroxylation sites is 2. The van der Waals surface area contributed by atoms with Crippen molar-refractivity contribution in [3.8, 4) is 11.5 Å². The monoisotopic (exact) mass is 265 g/mol. The van der Waals surface area contributed by atoms with Crippen LogP contribution in [0.2, 0.25) is 0 Å². The fourth-order valence-corrected chi connectivity index (χ4v) is 2.00. The Kier molecular flexibility index (Phi) is 8.07. The highest BCUT2D eigenvalue weighted by atomic mass is 16.5. The van der Waals surface area contributed by atoms with Gasteiger partial charge in [0.25, 0.3) is 0 Å². The lowest BCUT2D eigenvalue weighted by molar-refractivity contribution is 0.253. The van der Waals surface area contributed by atoms with Crippen LogP contribution in [0.1, 0.15) is 33.6 Å².